The molecular weight excluding hydrogens is 260 g/mol. The van der Waals surface area contributed by atoms with Crippen molar-refractivity contribution >= 4 is 0 Å². The lowest BCUT2D eigenvalue weighted by atomic mass is 10.3. The van der Waals surface area contributed by atoms with Crippen LogP contribution in [0.4, 0.5) is 0 Å². The van der Waals surface area contributed by atoms with E-state index >= 15 is 0 Å². The minimum atomic E-state index is -0.750. The molecule has 0 amide bonds. The minimum absolute atomic E-state index is 0.0435. The number of nitriles is 4. The average molecular weight is 264 g/mol. The molecule has 2 aromatic rings. The topological polar surface area (TPSA) is 151 Å². The van der Waals surface area contributed by atoms with Gasteiger partial charge in [0.2, 0.25) is 5.95 Å². The summed E-state index contributed by atoms with van der Waals surface area (Å²) in [7, 11) is 1.42. The molecule has 9 nitrogen and oxygen atoms in total. The number of H-pyrrole nitrogens is 1. The second-order valence-corrected chi connectivity index (χ2v) is 3.60. The van der Waals surface area contributed by atoms with Crippen LogP contribution in [-0.2, 0) is 7.05 Å². The van der Waals surface area contributed by atoms with Crippen molar-refractivity contribution in [2.24, 2.45) is 7.05 Å². The molecule has 2 aromatic heterocycles. The largest absolute Gasteiger partial charge is 0.334 e. The van der Waals surface area contributed by atoms with Crippen LogP contribution in [0.2, 0.25) is 0 Å². The van der Waals surface area contributed by atoms with E-state index in [-0.39, 0.29) is 28.7 Å². The van der Waals surface area contributed by atoms with Gasteiger partial charge in [0.15, 0.2) is 22.8 Å². The summed E-state index contributed by atoms with van der Waals surface area (Å²) in [6, 6.07) is 6.91. The van der Waals surface area contributed by atoms with E-state index in [2.05, 4.69) is 9.97 Å². The Morgan fingerprint density at radius 2 is 1.70 bits per heavy atom. The molecule has 0 aromatic carbocycles. The van der Waals surface area contributed by atoms with Crippen LogP contribution in [0.3, 0.4) is 0 Å². The summed E-state index contributed by atoms with van der Waals surface area (Å²) in [6.45, 7) is 0. The molecule has 0 unspecified atom stereocenters. The number of nitrogens with one attached hydrogen (secondary N) is 1. The van der Waals surface area contributed by atoms with Gasteiger partial charge in [-0.25, -0.2) is 9.36 Å². The predicted octanol–water partition coefficient (Wildman–Crippen LogP) is -0.614. The van der Waals surface area contributed by atoms with Gasteiger partial charge >= 0.3 is 5.69 Å². The number of aromatic nitrogens is 4. The Morgan fingerprint density at radius 1 is 1.05 bits per heavy atom. The molecule has 94 valence electrons. The van der Waals surface area contributed by atoms with Gasteiger partial charge in [0, 0.05) is 7.05 Å². The molecule has 0 spiro atoms. The van der Waals surface area contributed by atoms with Gasteiger partial charge < -0.3 is 4.57 Å². The van der Waals surface area contributed by atoms with Crippen molar-refractivity contribution in [2.45, 2.75) is 0 Å². The number of hydrogen-bond acceptors (Lipinski definition) is 6. The molecule has 2 rings (SSSR count). The molecule has 20 heavy (non-hydrogen) atoms. The van der Waals surface area contributed by atoms with Crippen molar-refractivity contribution in [3.63, 3.8) is 0 Å². The van der Waals surface area contributed by atoms with Gasteiger partial charge in [-0.3, -0.25) is 4.98 Å². The number of imidazole rings is 2. The highest BCUT2D eigenvalue weighted by molar-refractivity contribution is 5.45. The number of nitrogens with zero attached hydrogens (tertiary/aromatic N) is 7. The standard InChI is InChI=1S/C11H4N8O/c1-18-8(4-14)6(2-12)16-10(18)19-9(5-15)7(3-13)17-11(19)20/h1H3,(H,17,20). The fourth-order valence-electron chi connectivity index (χ4n) is 1.71. The Morgan fingerprint density at radius 3 is 2.15 bits per heavy atom. The SMILES string of the molecule is Cn1c(-n2c(C#N)c(C#N)[nH]c2=O)nc(C#N)c1C#N. The first-order chi connectivity index (χ1) is 9.58. The maximum absolute atomic E-state index is 11.8. The highest BCUT2D eigenvalue weighted by Gasteiger charge is 2.22. The molecule has 9 heteroatoms. The molecule has 2 heterocycles. The zero-order chi connectivity index (χ0) is 14.9. The van der Waals surface area contributed by atoms with Gasteiger partial charge in [-0.2, -0.15) is 26.0 Å². The Kier molecular flexibility index (Phi) is 2.81. The summed E-state index contributed by atoms with van der Waals surface area (Å²) < 4.78 is 2.05. The summed E-state index contributed by atoms with van der Waals surface area (Å²) in [5.41, 5.74) is -1.41. The Labute approximate surface area is 111 Å². The fourth-order valence-corrected chi connectivity index (χ4v) is 1.71. The molecule has 0 fully saturated rings. The lowest BCUT2D eigenvalue weighted by molar-refractivity contribution is 0.786. The molecule has 0 bridgehead atoms. The average Bonchev–Trinajstić information content (AvgIpc) is 2.94. The Balaban J connectivity index is 2.89. The summed E-state index contributed by atoms with van der Waals surface area (Å²) in [5.74, 6) is -0.0857. The maximum atomic E-state index is 11.8. The van der Waals surface area contributed by atoms with E-state index in [9.17, 15) is 4.79 Å². The van der Waals surface area contributed by atoms with E-state index in [1.54, 1.807) is 24.3 Å². The Hall–Kier alpha value is -3.82. The number of rotatable bonds is 1. The van der Waals surface area contributed by atoms with Gasteiger partial charge in [-0.1, -0.05) is 0 Å². The molecule has 0 aliphatic heterocycles. The second-order valence-electron chi connectivity index (χ2n) is 3.60. The lowest BCUT2D eigenvalue weighted by Gasteiger charge is -2.02. The van der Waals surface area contributed by atoms with Gasteiger partial charge in [0.05, 0.1) is 0 Å². The third kappa shape index (κ3) is 1.53. The van der Waals surface area contributed by atoms with E-state index in [0.717, 1.165) is 4.57 Å². The van der Waals surface area contributed by atoms with Gasteiger partial charge in [0.25, 0.3) is 0 Å². The summed E-state index contributed by atoms with van der Waals surface area (Å²) >= 11 is 0. The normalized spacial score (nSPS) is 9.25. The van der Waals surface area contributed by atoms with E-state index in [1.165, 1.54) is 11.6 Å². The van der Waals surface area contributed by atoms with Gasteiger partial charge in [-0.15, -0.1) is 0 Å². The summed E-state index contributed by atoms with van der Waals surface area (Å²) in [5, 5.41) is 35.7. The second kappa shape index (κ2) is 4.45. The van der Waals surface area contributed by atoms with Crippen LogP contribution in [-0.4, -0.2) is 19.1 Å². The lowest BCUT2D eigenvalue weighted by Crippen LogP contribution is -2.19. The molecule has 0 aliphatic rings. The Bertz CT molecular complexity index is 928. The molecule has 0 aliphatic carbocycles. The van der Waals surface area contributed by atoms with Crippen LogP contribution in [0.5, 0.6) is 0 Å². The van der Waals surface area contributed by atoms with E-state index < -0.39 is 5.69 Å². The number of aromatic amines is 1. The van der Waals surface area contributed by atoms with Crippen molar-refractivity contribution in [2.75, 3.05) is 0 Å². The van der Waals surface area contributed by atoms with Gasteiger partial charge in [-0.05, 0) is 0 Å². The molecule has 0 saturated heterocycles. The van der Waals surface area contributed by atoms with E-state index in [4.69, 9.17) is 21.0 Å². The summed E-state index contributed by atoms with van der Waals surface area (Å²) in [4.78, 5) is 17.9. The quantitative estimate of drug-likeness (QED) is 0.725. The molecule has 0 atom stereocenters. The predicted molar refractivity (Wildman–Crippen MR) is 62.0 cm³/mol. The summed E-state index contributed by atoms with van der Waals surface area (Å²) in [6.07, 6.45) is 0. The van der Waals surface area contributed by atoms with Crippen LogP contribution >= 0.6 is 0 Å². The van der Waals surface area contributed by atoms with Crippen LogP contribution in [0.15, 0.2) is 4.79 Å². The molecule has 1 N–H and O–H groups in total. The molecule has 0 radical (unpaired) electrons. The highest BCUT2D eigenvalue weighted by atomic mass is 16.1. The number of hydrogen-bond donors (Lipinski definition) is 1. The van der Waals surface area contributed by atoms with Crippen molar-refractivity contribution in [3.8, 4) is 30.2 Å². The first-order valence-corrected chi connectivity index (χ1v) is 5.11. The van der Waals surface area contributed by atoms with Crippen molar-refractivity contribution < 1.29 is 0 Å². The monoisotopic (exact) mass is 264 g/mol. The third-order valence-electron chi connectivity index (χ3n) is 2.60. The fraction of sp³-hybridized carbons (Fsp3) is 0.0909. The highest BCUT2D eigenvalue weighted by Crippen LogP contribution is 2.14. The van der Waals surface area contributed by atoms with E-state index in [1.807, 2.05) is 0 Å². The van der Waals surface area contributed by atoms with Crippen LogP contribution < -0.4 is 5.69 Å². The minimum Gasteiger partial charge on any atom is -0.303 e. The third-order valence-corrected chi connectivity index (χ3v) is 2.60. The smallest absolute Gasteiger partial charge is 0.303 e. The first-order valence-electron chi connectivity index (χ1n) is 5.11. The van der Waals surface area contributed by atoms with Crippen LogP contribution in [0.1, 0.15) is 22.8 Å². The molecular formula is C11H4N8O. The zero-order valence-electron chi connectivity index (χ0n) is 10.0. The van der Waals surface area contributed by atoms with Crippen molar-refractivity contribution in [1.82, 2.24) is 19.1 Å². The molecule has 0 saturated carbocycles. The van der Waals surface area contributed by atoms with Gasteiger partial charge in [0.1, 0.15) is 24.3 Å². The van der Waals surface area contributed by atoms with Crippen LogP contribution in [0.25, 0.3) is 5.95 Å². The first kappa shape index (κ1) is 12.6. The van der Waals surface area contributed by atoms with Crippen molar-refractivity contribution in [3.05, 3.63) is 33.3 Å². The van der Waals surface area contributed by atoms with Crippen LogP contribution in [0, 0.1) is 45.3 Å². The zero-order valence-corrected chi connectivity index (χ0v) is 10.0. The maximum Gasteiger partial charge on any atom is 0.334 e. The van der Waals surface area contributed by atoms with Crippen molar-refractivity contribution in [1.29, 1.82) is 21.0 Å². The van der Waals surface area contributed by atoms with E-state index in [0.29, 0.717) is 0 Å².